The molecule has 0 fully saturated rings. The van der Waals surface area contributed by atoms with Crippen molar-refractivity contribution in [2.24, 2.45) is 11.8 Å². The molecule has 3 atom stereocenters. The summed E-state index contributed by atoms with van der Waals surface area (Å²) in [5.74, 6) is -2.01. The van der Waals surface area contributed by atoms with Crippen molar-refractivity contribution in [3.8, 4) is 0 Å². The molecule has 0 aromatic carbocycles. The number of amides is 1. The second kappa shape index (κ2) is 9.40. The van der Waals surface area contributed by atoms with Crippen LogP contribution in [-0.4, -0.2) is 44.6 Å². The lowest BCUT2D eigenvalue weighted by Gasteiger charge is -2.31. The molecule has 3 unspecified atom stereocenters. The molecule has 0 spiro atoms. The molecule has 0 aromatic heterocycles. The van der Waals surface area contributed by atoms with Gasteiger partial charge in [0.2, 0.25) is 5.91 Å². The topological polar surface area (TPSA) is 46.6 Å². The van der Waals surface area contributed by atoms with Gasteiger partial charge in [0, 0.05) is 25.3 Å². The van der Waals surface area contributed by atoms with Crippen molar-refractivity contribution in [1.82, 2.24) is 4.90 Å². The molecule has 0 aliphatic carbocycles. The fraction of sp³-hybridized carbons (Fsp3) is 0.846. The van der Waals surface area contributed by atoms with Gasteiger partial charge in [-0.05, 0) is 6.42 Å². The number of hydrogen-bond acceptors (Lipinski definition) is 3. The normalized spacial score (nSPS) is 16.4. The fourth-order valence-corrected chi connectivity index (χ4v) is 2.21. The van der Waals surface area contributed by atoms with E-state index in [0.29, 0.717) is 0 Å². The third-order valence-corrected chi connectivity index (χ3v) is 5.74. The minimum atomic E-state index is -1.58. The first kappa shape index (κ1) is 23.7. The molecule has 23 heavy (non-hydrogen) atoms. The maximum Gasteiger partial charge on any atom is 0.328 e. The van der Waals surface area contributed by atoms with Crippen LogP contribution in [0.3, 0.4) is 0 Å². The van der Waals surface area contributed by atoms with E-state index in [1.165, 1.54) is 19.1 Å². The summed E-state index contributed by atoms with van der Waals surface area (Å²) in [6.07, 6.45) is 0.0657. The summed E-state index contributed by atoms with van der Waals surface area (Å²) in [5.41, 5.74) is 0. The number of methoxy groups -OCH3 is 1. The van der Waals surface area contributed by atoms with Crippen molar-refractivity contribution >= 4 is 81.5 Å². The Balaban J connectivity index is 5.12. The molecule has 0 bridgehead atoms. The van der Waals surface area contributed by atoms with Crippen LogP contribution in [0.15, 0.2) is 0 Å². The van der Waals surface area contributed by atoms with E-state index in [1.807, 2.05) is 0 Å². The SMILES string of the molecule is COC(=O)C(CC(C)C(Cl)(Cl)Cl)N(C)C(=O)CC(C)C(Cl)(Cl)Cl. The highest BCUT2D eigenvalue weighted by atomic mass is 35.6. The Kier molecular flexibility index (Phi) is 9.68. The third-order valence-electron chi connectivity index (χ3n) is 3.51. The summed E-state index contributed by atoms with van der Waals surface area (Å²) in [4.78, 5) is 25.5. The summed E-state index contributed by atoms with van der Waals surface area (Å²) >= 11 is 34.8. The number of likely N-dealkylation sites (N-methyl/N-ethyl adjacent to an activating group) is 1. The number of esters is 1. The quantitative estimate of drug-likeness (QED) is 0.433. The Labute approximate surface area is 166 Å². The van der Waals surface area contributed by atoms with Gasteiger partial charge >= 0.3 is 5.97 Å². The van der Waals surface area contributed by atoms with E-state index in [0.717, 1.165) is 0 Å². The molecule has 10 heteroatoms. The summed E-state index contributed by atoms with van der Waals surface area (Å²) in [6, 6.07) is -0.902. The van der Waals surface area contributed by atoms with Crippen LogP contribution in [0.25, 0.3) is 0 Å². The molecule has 0 rings (SSSR count). The first-order valence-electron chi connectivity index (χ1n) is 6.68. The average Bonchev–Trinajstić information content (AvgIpc) is 2.40. The van der Waals surface area contributed by atoms with Gasteiger partial charge in [0.05, 0.1) is 7.11 Å². The minimum Gasteiger partial charge on any atom is -0.467 e. The Morgan fingerprint density at radius 3 is 1.78 bits per heavy atom. The van der Waals surface area contributed by atoms with Crippen LogP contribution >= 0.6 is 69.6 Å². The molecule has 4 nitrogen and oxygen atoms in total. The number of nitrogens with zero attached hydrogens (tertiary/aromatic N) is 1. The number of ether oxygens (including phenoxy) is 1. The van der Waals surface area contributed by atoms with Crippen LogP contribution in [0.1, 0.15) is 26.7 Å². The van der Waals surface area contributed by atoms with Gasteiger partial charge < -0.3 is 9.64 Å². The molecule has 0 aromatic rings. The maximum atomic E-state index is 12.3. The Hall–Kier alpha value is 0.680. The minimum absolute atomic E-state index is 0.0529. The lowest BCUT2D eigenvalue weighted by atomic mass is 10.0. The zero-order valence-corrected chi connectivity index (χ0v) is 17.6. The standard InChI is InChI=1S/C13H19Cl6NO3/c1-7(12(14,15)16)5-9(11(22)23-4)20(3)10(21)6-8(2)13(17,18)19/h7-9H,5-6H2,1-4H3. The van der Waals surface area contributed by atoms with Crippen molar-refractivity contribution in [3.05, 3.63) is 0 Å². The highest BCUT2D eigenvalue weighted by Crippen LogP contribution is 2.39. The van der Waals surface area contributed by atoms with Gasteiger partial charge in [-0.15, -0.1) is 0 Å². The molecule has 136 valence electrons. The molecule has 0 N–H and O–H groups in total. The number of rotatable bonds is 6. The highest BCUT2D eigenvalue weighted by molar-refractivity contribution is 6.68. The van der Waals surface area contributed by atoms with Gasteiger partial charge in [-0.2, -0.15) is 0 Å². The van der Waals surface area contributed by atoms with Crippen molar-refractivity contribution in [3.63, 3.8) is 0 Å². The molecular formula is C13H19Cl6NO3. The molecule has 1 amide bonds. The molecular weight excluding hydrogens is 431 g/mol. The van der Waals surface area contributed by atoms with E-state index in [-0.39, 0.29) is 18.7 Å². The largest absolute Gasteiger partial charge is 0.467 e. The first-order chi connectivity index (χ1) is 10.2. The molecule has 0 heterocycles. The average molecular weight is 450 g/mol. The summed E-state index contributed by atoms with van der Waals surface area (Å²) in [5, 5.41) is 0. The third kappa shape index (κ3) is 8.06. The van der Waals surface area contributed by atoms with Gasteiger partial charge in [0.1, 0.15) is 6.04 Å². The molecule has 0 aliphatic heterocycles. The Morgan fingerprint density at radius 1 is 1.00 bits per heavy atom. The van der Waals surface area contributed by atoms with E-state index < -0.39 is 31.4 Å². The second-order valence-electron chi connectivity index (χ2n) is 5.37. The predicted molar refractivity (Wildman–Crippen MR) is 96.7 cm³/mol. The lowest BCUT2D eigenvalue weighted by molar-refractivity contribution is -0.152. The van der Waals surface area contributed by atoms with Gasteiger partial charge in [0.25, 0.3) is 0 Å². The maximum absolute atomic E-state index is 12.3. The van der Waals surface area contributed by atoms with Crippen LogP contribution in [0.5, 0.6) is 0 Å². The van der Waals surface area contributed by atoms with Gasteiger partial charge in [-0.1, -0.05) is 83.5 Å². The molecule has 0 radical (unpaired) electrons. The fourth-order valence-electron chi connectivity index (χ4n) is 1.71. The lowest BCUT2D eigenvalue weighted by Crippen LogP contribution is -2.45. The Morgan fingerprint density at radius 2 is 1.43 bits per heavy atom. The molecule has 0 saturated heterocycles. The number of alkyl halides is 6. The number of carbonyl (C=O) groups is 2. The monoisotopic (exact) mass is 447 g/mol. The number of hydrogen-bond donors (Lipinski definition) is 0. The zero-order valence-electron chi connectivity index (χ0n) is 13.1. The van der Waals surface area contributed by atoms with Gasteiger partial charge in [-0.25, -0.2) is 4.79 Å². The molecule has 0 saturated carbocycles. The second-order valence-corrected chi connectivity index (χ2v) is 10.1. The van der Waals surface area contributed by atoms with Crippen molar-refractivity contribution in [1.29, 1.82) is 0 Å². The number of carbonyl (C=O) groups excluding carboxylic acids is 2. The zero-order chi connectivity index (χ0) is 18.6. The van der Waals surface area contributed by atoms with Gasteiger partial charge in [-0.3, -0.25) is 4.79 Å². The predicted octanol–water partition coefficient (Wildman–Crippen LogP) is 4.78. The van der Waals surface area contributed by atoms with Crippen molar-refractivity contribution in [2.45, 2.75) is 40.3 Å². The van der Waals surface area contributed by atoms with Crippen LogP contribution in [-0.2, 0) is 14.3 Å². The summed E-state index contributed by atoms with van der Waals surface area (Å²) in [6.45, 7) is 3.28. The number of halogens is 6. The smallest absolute Gasteiger partial charge is 0.328 e. The highest BCUT2D eigenvalue weighted by Gasteiger charge is 2.38. The Bertz CT molecular complexity index is 421. The summed E-state index contributed by atoms with van der Waals surface area (Å²) in [7, 11) is 2.68. The molecule has 0 aliphatic rings. The van der Waals surface area contributed by atoms with Crippen LogP contribution < -0.4 is 0 Å². The van der Waals surface area contributed by atoms with E-state index in [2.05, 4.69) is 0 Å². The van der Waals surface area contributed by atoms with Crippen molar-refractivity contribution < 1.29 is 14.3 Å². The van der Waals surface area contributed by atoms with E-state index in [9.17, 15) is 9.59 Å². The first-order valence-corrected chi connectivity index (χ1v) is 8.95. The van der Waals surface area contributed by atoms with Crippen molar-refractivity contribution in [2.75, 3.05) is 14.2 Å². The van der Waals surface area contributed by atoms with Crippen LogP contribution in [0.2, 0.25) is 0 Å². The van der Waals surface area contributed by atoms with Crippen LogP contribution in [0, 0.1) is 11.8 Å². The van der Waals surface area contributed by atoms with Gasteiger partial charge in [0.15, 0.2) is 7.59 Å². The van der Waals surface area contributed by atoms with E-state index in [1.54, 1.807) is 13.8 Å². The summed E-state index contributed by atoms with van der Waals surface area (Å²) < 4.78 is 1.58. The van der Waals surface area contributed by atoms with E-state index >= 15 is 0 Å². The van der Waals surface area contributed by atoms with E-state index in [4.69, 9.17) is 74.3 Å². The van der Waals surface area contributed by atoms with Crippen LogP contribution in [0.4, 0.5) is 0 Å².